The van der Waals surface area contributed by atoms with Crippen LogP contribution in [-0.2, 0) is 34.2 Å². The zero-order valence-electron chi connectivity index (χ0n) is 32.2. The Morgan fingerprint density at radius 3 is 2.08 bits per heavy atom. The Bertz CT molecular complexity index is 1860. The number of nitrogens with zero attached hydrogens (tertiary/aromatic N) is 1. The molecule has 1 aromatic carbocycles. The summed E-state index contributed by atoms with van der Waals surface area (Å²) in [5.41, 5.74) is -3.65. The third kappa shape index (κ3) is 7.88. The smallest absolute Gasteiger partial charge is 0.315 e. The summed E-state index contributed by atoms with van der Waals surface area (Å²) in [5.74, 6) is -2.95. The number of hydrogen-bond donors (Lipinski definition) is 4. The zero-order valence-corrected chi connectivity index (χ0v) is 33.9. The van der Waals surface area contributed by atoms with Crippen LogP contribution in [0.5, 0.6) is 0 Å². The first-order valence-corrected chi connectivity index (χ1v) is 21.6. The second kappa shape index (κ2) is 13.7. The van der Waals surface area contributed by atoms with Gasteiger partial charge < -0.3 is 20.9 Å². The van der Waals surface area contributed by atoms with Gasteiger partial charge in [0.2, 0.25) is 11.8 Å². The molecule has 5 rings (SSSR count). The zero-order chi connectivity index (χ0) is 39.6. The van der Waals surface area contributed by atoms with E-state index in [2.05, 4.69) is 27.3 Å². The van der Waals surface area contributed by atoms with Gasteiger partial charge in [0.05, 0.1) is 20.9 Å². The topological polar surface area (TPSA) is 188 Å². The fourth-order valence-electron chi connectivity index (χ4n) is 8.35. The Morgan fingerprint density at radius 1 is 0.943 bits per heavy atom. The molecule has 3 aliphatic carbocycles. The number of sulfone groups is 1. The van der Waals surface area contributed by atoms with Gasteiger partial charge in [0.1, 0.15) is 17.6 Å². The van der Waals surface area contributed by atoms with Gasteiger partial charge in [-0.05, 0) is 74.8 Å². The third-order valence-corrected chi connectivity index (χ3v) is 16.2. The fraction of sp³-hybridized carbons (Fsp3) is 0.684. The number of nitrogens with one attached hydrogen (secondary N) is 4. The Kier molecular flexibility index (Phi) is 10.5. The molecule has 4 aliphatic rings. The number of carbonyl (C=O) groups is 4. The first-order valence-electron chi connectivity index (χ1n) is 18.5. The summed E-state index contributed by atoms with van der Waals surface area (Å²) in [6.07, 6.45) is 5.06. The number of sulfonamides is 1. The highest BCUT2D eigenvalue weighted by molar-refractivity contribution is 7.92. The van der Waals surface area contributed by atoms with E-state index in [4.69, 9.17) is 0 Å². The van der Waals surface area contributed by atoms with Crippen molar-refractivity contribution < 1.29 is 36.0 Å². The van der Waals surface area contributed by atoms with Crippen molar-refractivity contribution >= 4 is 43.6 Å². The molecule has 1 heterocycles. The molecule has 0 radical (unpaired) electrons. The highest BCUT2D eigenvalue weighted by atomic mass is 32.2. The number of carbonyl (C=O) groups excluding carboxylic acids is 4. The lowest BCUT2D eigenvalue weighted by molar-refractivity contribution is -0.144. The van der Waals surface area contributed by atoms with E-state index in [-0.39, 0.29) is 40.9 Å². The normalized spacial score (nSPS) is 28.1. The summed E-state index contributed by atoms with van der Waals surface area (Å²) in [4.78, 5) is 57.7. The first kappa shape index (κ1) is 40.7. The molecule has 3 saturated carbocycles. The molecule has 1 aromatic rings. The summed E-state index contributed by atoms with van der Waals surface area (Å²) in [5, 5.41) is 8.69. The lowest BCUT2D eigenvalue weighted by atomic mass is 9.83. The van der Waals surface area contributed by atoms with Crippen LogP contribution in [0.4, 0.5) is 4.79 Å². The van der Waals surface area contributed by atoms with Crippen LogP contribution in [0, 0.1) is 28.6 Å². The van der Waals surface area contributed by atoms with Crippen molar-refractivity contribution in [1.29, 1.82) is 0 Å². The molecule has 53 heavy (non-hydrogen) atoms. The number of benzene rings is 1. The number of hydrogen-bond acceptors (Lipinski definition) is 8. The van der Waals surface area contributed by atoms with E-state index in [0.29, 0.717) is 12.8 Å². The molecule has 1 saturated heterocycles. The fourth-order valence-corrected chi connectivity index (χ4v) is 10.9. The van der Waals surface area contributed by atoms with E-state index < -0.39 is 82.9 Å². The van der Waals surface area contributed by atoms with Gasteiger partial charge in [0.15, 0.2) is 9.84 Å². The maximum Gasteiger partial charge on any atom is 0.315 e. The highest BCUT2D eigenvalue weighted by Crippen LogP contribution is 2.65. The van der Waals surface area contributed by atoms with E-state index in [9.17, 15) is 36.0 Å². The molecule has 0 spiro atoms. The van der Waals surface area contributed by atoms with E-state index in [0.717, 1.165) is 19.3 Å². The number of rotatable bonds is 11. The second-order valence-corrected chi connectivity index (χ2v) is 22.7. The third-order valence-electron chi connectivity index (χ3n) is 12.1. The Balaban J connectivity index is 1.37. The van der Waals surface area contributed by atoms with Crippen molar-refractivity contribution in [2.75, 3.05) is 12.3 Å². The lowest BCUT2D eigenvalue weighted by Gasteiger charge is -2.41. The monoisotopic (exact) mass is 775 g/mol. The molecule has 5 amide bonds. The van der Waals surface area contributed by atoms with Crippen LogP contribution in [0.1, 0.15) is 93.9 Å². The van der Waals surface area contributed by atoms with Crippen LogP contribution in [0.15, 0.2) is 47.9 Å². The van der Waals surface area contributed by atoms with Crippen LogP contribution >= 0.6 is 0 Å². The Labute approximate surface area is 314 Å². The van der Waals surface area contributed by atoms with Gasteiger partial charge in [-0.3, -0.25) is 14.4 Å². The van der Waals surface area contributed by atoms with Gasteiger partial charge >= 0.3 is 6.03 Å². The summed E-state index contributed by atoms with van der Waals surface area (Å²) < 4.78 is 53.9. The maximum atomic E-state index is 14.6. The van der Waals surface area contributed by atoms with Gasteiger partial charge in [-0.25, -0.2) is 26.4 Å². The molecule has 4 N–H and O–H groups in total. The molecule has 0 bridgehead atoms. The largest absolute Gasteiger partial charge is 0.339 e. The predicted molar refractivity (Wildman–Crippen MR) is 201 cm³/mol. The van der Waals surface area contributed by atoms with Crippen molar-refractivity contribution in [2.24, 2.45) is 28.6 Å². The van der Waals surface area contributed by atoms with Crippen LogP contribution in [-0.4, -0.2) is 85.7 Å². The summed E-state index contributed by atoms with van der Waals surface area (Å²) in [7, 11) is -7.83. The molecule has 13 nitrogen and oxygen atoms in total. The second-order valence-electron chi connectivity index (χ2n) is 18.3. The minimum Gasteiger partial charge on any atom is -0.339 e. The standard InChI is InChI=1S/C38H57N5O8S2/c1-10-24-21-38(24,32(46)42-53(50,51)25-17-13-11-14-18-25)40-30(44)28-27-26(36(27,8)9)22-43(28)31(45)29(34(2,3)4)39-33(47)41-37(19-15-12-16-20-37)23-52(48,49)35(5,6)7/h10-11,13-14,17-18,24,26-29H,1,12,15-16,19-23H2,2-9H3,(H,40,44)(H,42,46)(H2,39,41,47)/t24?,26-,27-,28-,29?,38+/m0/s1. The molecule has 4 fully saturated rings. The van der Waals surface area contributed by atoms with Gasteiger partial charge in [-0.15, -0.1) is 6.58 Å². The van der Waals surface area contributed by atoms with E-state index in [1.165, 1.54) is 35.2 Å². The average Bonchev–Trinajstić information content (AvgIpc) is 3.81. The molecule has 2 unspecified atom stereocenters. The predicted octanol–water partition coefficient (Wildman–Crippen LogP) is 3.67. The van der Waals surface area contributed by atoms with Crippen LogP contribution < -0.4 is 20.7 Å². The Morgan fingerprint density at radius 2 is 1.55 bits per heavy atom. The molecule has 15 heteroatoms. The van der Waals surface area contributed by atoms with Gasteiger partial charge in [0, 0.05) is 12.5 Å². The summed E-state index contributed by atoms with van der Waals surface area (Å²) >= 11 is 0. The SMILES string of the molecule is C=CC1C[C@]1(NC(=O)[C@@H]1[C@@H]2[C@H](CN1C(=O)C(NC(=O)NC1(CS(=O)(=O)C(C)(C)C)CCCCC1)C(C)(C)C)C2(C)C)C(=O)NS(=O)(=O)c1ccccc1. The molecule has 294 valence electrons. The Hall–Kier alpha value is -3.46. The van der Waals surface area contributed by atoms with Crippen LogP contribution in [0.2, 0.25) is 0 Å². The quantitative estimate of drug-likeness (QED) is 0.245. The minimum absolute atomic E-state index is 0.0117. The number of piperidine rings is 1. The summed E-state index contributed by atoms with van der Waals surface area (Å²) in [6, 6.07) is 4.71. The number of urea groups is 1. The van der Waals surface area contributed by atoms with E-state index in [1.54, 1.807) is 47.6 Å². The molecular formula is C38H57N5O8S2. The van der Waals surface area contributed by atoms with Gasteiger partial charge in [-0.2, -0.15) is 0 Å². The minimum atomic E-state index is -4.24. The number of fused-ring (bicyclic) bond motifs is 1. The summed E-state index contributed by atoms with van der Waals surface area (Å²) in [6.45, 7) is 18.4. The maximum absolute atomic E-state index is 14.6. The van der Waals surface area contributed by atoms with Gasteiger partial charge in [0.25, 0.3) is 15.9 Å². The van der Waals surface area contributed by atoms with Crippen LogP contribution in [0.25, 0.3) is 0 Å². The number of amides is 5. The van der Waals surface area contributed by atoms with Gasteiger partial charge in [-0.1, -0.05) is 78.2 Å². The average molecular weight is 776 g/mol. The van der Waals surface area contributed by atoms with Crippen LogP contribution in [0.3, 0.4) is 0 Å². The van der Waals surface area contributed by atoms with Crippen molar-refractivity contribution in [3.8, 4) is 0 Å². The molecular weight excluding hydrogens is 719 g/mol. The molecule has 0 aromatic heterocycles. The van der Waals surface area contributed by atoms with Crippen molar-refractivity contribution in [3.05, 3.63) is 43.0 Å². The van der Waals surface area contributed by atoms with Crippen molar-refractivity contribution in [1.82, 2.24) is 25.6 Å². The van der Waals surface area contributed by atoms with Crippen molar-refractivity contribution in [3.63, 3.8) is 0 Å². The molecule has 6 atom stereocenters. The first-order chi connectivity index (χ1) is 24.3. The lowest BCUT2D eigenvalue weighted by Crippen LogP contribution is -2.64. The van der Waals surface area contributed by atoms with Crippen molar-refractivity contribution in [2.45, 2.75) is 127 Å². The number of likely N-dealkylation sites (tertiary alicyclic amines) is 1. The van der Waals surface area contributed by atoms with E-state index in [1.807, 2.05) is 13.8 Å². The highest BCUT2D eigenvalue weighted by Gasteiger charge is 2.71. The van der Waals surface area contributed by atoms with E-state index >= 15 is 0 Å². The molecule has 1 aliphatic heterocycles.